The summed E-state index contributed by atoms with van der Waals surface area (Å²) in [7, 11) is 2.15. The first-order valence-corrected chi connectivity index (χ1v) is 9.19. The minimum Gasteiger partial charge on any atom is -0.485 e. The molecule has 2 nitrogen and oxygen atoms in total. The maximum Gasteiger partial charge on any atom is 0.125 e. The molecule has 0 saturated heterocycles. The van der Waals surface area contributed by atoms with Gasteiger partial charge in [0.2, 0.25) is 0 Å². The van der Waals surface area contributed by atoms with Crippen LogP contribution in [-0.2, 0) is 0 Å². The monoisotopic (exact) mass is 345 g/mol. The molecule has 0 aliphatic carbocycles. The fraction of sp³-hybridized carbons (Fsp3) is 0.250. The molecule has 3 aromatic carbocycles. The van der Waals surface area contributed by atoms with Crippen LogP contribution in [0, 0.1) is 13.8 Å². The highest BCUT2D eigenvalue weighted by Gasteiger charge is 2.16. The lowest BCUT2D eigenvalue weighted by Crippen LogP contribution is -2.23. The van der Waals surface area contributed by atoms with E-state index in [-0.39, 0.29) is 6.10 Å². The Bertz CT molecular complexity index is 828. The van der Waals surface area contributed by atoms with E-state index in [4.69, 9.17) is 4.74 Å². The molecule has 0 saturated carbocycles. The van der Waals surface area contributed by atoms with Crippen molar-refractivity contribution in [3.63, 3.8) is 0 Å². The van der Waals surface area contributed by atoms with Gasteiger partial charge in [-0.1, -0.05) is 66.7 Å². The highest BCUT2D eigenvalue weighted by atomic mass is 16.5. The van der Waals surface area contributed by atoms with E-state index in [0.29, 0.717) is 0 Å². The number of nitrogens with zero attached hydrogens (tertiary/aromatic N) is 1. The lowest BCUT2D eigenvalue weighted by atomic mass is 10.1. The van der Waals surface area contributed by atoms with Gasteiger partial charge in [-0.3, -0.25) is 0 Å². The van der Waals surface area contributed by atoms with E-state index in [1.807, 2.05) is 18.2 Å². The maximum atomic E-state index is 6.42. The van der Waals surface area contributed by atoms with Crippen LogP contribution in [0.1, 0.15) is 29.2 Å². The molecule has 3 aromatic rings. The topological polar surface area (TPSA) is 12.5 Å². The Morgan fingerprint density at radius 1 is 0.769 bits per heavy atom. The quantitative estimate of drug-likeness (QED) is 0.524. The number of anilines is 1. The molecule has 0 heterocycles. The van der Waals surface area contributed by atoms with Crippen molar-refractivity contribution >= 4 is 5.69 Å². The van der Waals surface area contributed by atoms with Crippen LogP contribution in [0.4, 0.5) is 5.69 Å². The van der Waals surface area contributed by atoms with Gasteiger partial charge in [0.25, 0.3) is 0 Å². The van der Waals surface area contributed by atoms with Gasteiger partial charge in [-0.05, 0) is 42.7 Å². The molecule has 3 rings (SSSR count). The van der Waals surface area contributed by atoms with Gasteiger partial charge in [-0.15, -0.1) is 0 Å². The van der Waals surface area contributed by atoms with Crippen LogP contribution in [0.2, 0.25) is 0 Å². The van der Waals surface area contributed by atoms with E-state index in [2.05, 4.69) is 86.5 Å². The lowest BCUT2D eigenvalue weighted by Gasteiger charge is -2.26. The summed E-state index contributed by atoms with van der Waals surface area (Å²) >= 11 is 0. The molecule has 0 bridgehead atoms. The summed E-state index contributed by atoms with van der Waals surface area (Å²) < 4.78 is 6.42. The van der Waals surface area contributed by atoms with Gasteiger partial charge in [0.15, 0.2) is 0 Å². The number of ether oxygens (including phenoxy) is 1. The third kappa shape index (κ3) is 4.45. The molecule has 0 unspecified atom stereocenters. The summed E-state index contributed by atoms with van der Waals surface area (Å²) in [6.45, 7) is 5.18. The summed E-state index contributed by atoms with van der Waals surface area (Å²) in [6.07, 6.45) is 0.951. The highest BCUT2D eigenvalue weighted by molar-refractivity contribution is 5.52. The maximum absolute atomic E-state index is 6.42. The molecule has 134 valence electrons. The Morgan fingerprint density at radius 2 is 1.38 bits per heavy atom. The Labute approximate surface area is 157 Å². The number of benzene rings is 3. The summed E-state index contributed by atoms with van der Waals surface area (Å²) in [5.74, 6) is 0.958. The van der Waals surface area contributed by atoms with Gasteiger partial charge in [0, 0.05) is 25.7 Å². The second kappa shape index (κ2) is 8.57. The van der Waals surface area contributed by atoms with E-state index in [0.717, 1.165) is 18.7 Å². The van der Waals surface area contributed by atoms with Crippen LogP contribution in [-0.4, -0.2) is 13.6 Å². The molecule has 26 heavy (non-hydrogen) atoms. The number of aryl methyl sites for hydroxylation is 2. The predicted molar refractivity (Wildman–Crippen MR) is 110 cm³/mol. The van der Waals surface area contributed by atoms with Crippen molar-refractivity contribution in [3.8, 4) is 5.75 Å². The van der Waals surface area contributed by atoms with E-state index in [9.17, 15) is 0 Å². The second-order valence-corrected chi connectivity index (χ2v) is 6.78. The summed E-state index contributed by atoms with van der Waals surface area (Å²) in [4.78, 5) is 2.31. The molecular formula is C24H27NO. The van der Waals surface area contributed by atoms with Crippen molar-refractivity contribution in [2.45, 2.75) is 26.4 Å². The number of hydrogen-bond donors (Lipinski definition) is 0. The summed E-state index contributed by atoms with van der Waals surface area (Å²) in [6, 6.07) is 27.2. The van der Waals surface area contributed by atoms with Crippen LogP contribution in [0.15, 0.2) is 78.9 Å². The standard InChI is InChI=1S/C24H27NO/c1-19-11-7-9-15-22(19)25(3)18-17-24(21-13-5-4-6-14-21)26-23-16-10-8-12-20(23)2/h4-16,24H,17-18H2,1-3H3/t24-/m1/s1. The van der Waals surface area contributed by atoms with Crippen molar-refractivity contribution in [2.24, 2.45) is 0 Å². The third-order valence-corrected chi connectivity index (χ3v) is 4.79. The molecule has 0 aliphatic rings. The van der Waals surface area contributed by atoms with Crippen molar-refractivity contribution in [1.29, 1.82) is 0 Å². The Kier molecular flexibility index (Phi) is 5.96. The molecule has 0 aliphatic heterocycles. The lowest BCUT2D eigenvalue weighted by molar-refractivity contribution is 0.196. The number of rotatable bonds is 7. The van der Waals surface area contributed by atoms with Crippen molar-refractivity contribution in [1.82, 2.24) is 0 Å². The minimum absolute atomic E-state index is 0.0313. The second-order valence-electron chi connectivity index (χ2n) is 6.78. The van der Waals surface area contributed by atoms with Crippen LogP contribution in [0.25, 0.3) is 0 Å². The van der Waals surface area contributed by atoms with Crippen molar-refractivity contribution in [3.05, 3.63) is 95.6 Å². The molecule has 0 spiro atoms. The fourth-order valence-corrected chi connectivity index (χ4v) is 3.23. The van der Waals surface area contributed by atoms with Gasteiger partial charge in [-0.2, -0.15) is 0 Å². The van der Waals surface area contributed by atoms with Crippen LogP contribution < -0.4 is 9.64 Å². The molecule has 0 aromatic heterocycles. The van der Waals surface area contributed by atoms with Crippen molar-refractivity contribution in [2.75, 3.05) is 18.5 Å². The number of para-hydroxylation sites is 2. The third-order valence-electron chi connectivity index (χ3n) is 4.79. The van der Waals surface area contributed by atoms with E-state index in [1.54, 1.807) is 0 Å². The molecule has 0 radical (unpaired) electrons. The predicted octanol–water partition coefficient (Wildman–Crippen LogP) is 5.95. The minimum atomic E-state index is 0.0313. The first-order valence-electron chi connectivity index (χ1n) is 9.19. The molecule has 1 atom stereocenters. The summed E-state index contributed by atoms with van der Waals surface area (Å²) in [5.41, 5.74) is 4.95. The Morgan fingerprint density at radius 3 is 2.08 bits per heavy atom. The van der Waals surface area contributed by atoms with E-state index >= 15 is 0 Å². The molecule has 2 heteroatoms. The Balaban J connectivity index is 1.76. The van der Waals surface area contributed by atoms with Gasteiger partial charge < -0.3 is 9.64 Å². The average Bonchev–Trinajstić information content (AvgIpc) is 2.67. The number of hydrogen-bond acceptors (Lipinski definition) is 2. The molecule has 0 amide bonds. The normalized spacial score (nSPS) is 11.8. The van der Waals surface area contributed by atoms with E-state index < -0.39 is 0 Å². The first kappa shape index (κ1) is 18.1. The summed E-state index contributed by atoms with van der Waals surface area (Å²) in [5, 5.41) is 0. The van der Waals surface area contributed by atoms with Crippen LogP contribution >= 0.6 is 0 Å². The molecule has 0 fully saturated rings. The van der Waals surface area contributed by atoms with Gasteiger partial charge in [0.05, 0.1) is 0 Å². The van der Waals surface area contributed by atoms with Crippen molar-refractivity contribution < 1.29 is 4.74 Å². The van der Waals surface area contributed by atoms with Gasteiger partial charge in [-0.25, -0.2) is 0 Å². The highest BCUT2D eigenvalue weighted by Crippen LogP contribution is 2.28. The average molecular weight is 345 g/mol. The zero-order chi connectivity index (χ0) is 18.4. The zero-order valence-electron chi connectivity index (χ0n) is 15.9. The van der Waals surface area contributed by atoms with Crippen LogP contribution in [0.5, 0.6) is 5.75 Å². The van der Waals surface area contributed by atoms with Gasteiger partial charge in [0.1, 0.15) is 11.9 Å². The first-order chi connectivity index (χ1) is 12.6. The fourth-order valence-electron chi connectivity index (χ4n) is 3.23. The zero-order valence-corrected chi connectivity index (χ0v) is 15.9. The Hall–Kier alpha value is -2.74. The van der Waals surface area contributed by atoms with E-state index in [1.165, 1.54) is 22.4 Å². The molecular weight excluding hydrogens is 318 g/mol. The smallest absolute Gasteiger partial charge is 0.125 e. The SMILES string of the molecule is Cc1ccccc1O[C@H](CCN(C)c1ccccc1C)c1ccccc1. The van der Waals surface area contributed by atoms with Crippen LogP contribution in [0.3, 0.4) is 0 Å². The largest absolute Gasteiger partial charge is 0.485 e. The molecule has 0 N–H and O–H groups in total. The van der Waals surface area contributed by atoms with Gasteiger partial charge >= 0.3 is 0 Å².